The van der Waals surface area contributed by atoms with E-state index in [1.165, 1.54) is 32.1 Å². The minimum absolute atomic E-state index is 0.110. The first-order valence-electron chi connectivity index (χ1n) is 25.1. The smallest absolute Gasteiger partial charge is 0.306 e. The Balaban J connectivity index is 4.46. The Hall–Kier alpha value is -4.19. The molecule has 0 bridgehead atoms. The number of hydrogen-bond acceptors (Lipinski definition) is 6. The van der Waals surface area contributed by atoms with Crippen LogP contribution in [0.25, 0.3) is 0 Å². The molecular formula is C57H90O6. The van der Waals surface area contributed by atoms with Crippen molar-refractivity contribution < 1.29 is 28.6 Å². The summed E-state index contributed by atoms with van der Waals surface area (Å²) in [6.07, 6.45) is 69.0. The van der Waals surface area contributed by atoms with E-state index in [0.29, 0.717) is 19.3 Å². The quantitative estimate of drug-likeness (QED) is 0.0200. The highest BCUT2D eigenvalue weighted by Crippen LogP contribution is 2.13. The highest BCUT2D eigenvalue weighted by molar-refractivity contribution is 5.71. The fourth-order valence-corrected chi connectivity index (χ4v) is 6.34. The Morgan fingerprint density at radius 1 is 0.333 bits per heavy atom. The van der Waals surface area contributed by atoms with Gasteiger partial charge < -0.3 is 14.2 Å². The van der Waals surface area contributed by atoms with Gasteiger partial charge in [-0.25, -0.2) is 0 Å². The average molecular weight is 871 g/mol. The molecule has 0 spiro atoms. The SMILES string of the molecule is CC\C=C/C=C\C=C/CCCCCCCCCC(=O)OC(COC(=O)CCC/C=C\C/C=C\C/C=C\CC)COC(=O)CCCCCCCC/C=C\C/C=C\C/C=C\C/C=C\CC. The van der Waals surface area contributed by atoms with Gasteiger partial charge in [-0.15, -0.1) is 0 Å². The van der Waals surface area contributed by atoms with Crippen LogP contribution in [0.2, 0.25) is 0 Å². The van der Waals surface area contributed by atoms with E-state index in [2.05, 4.69) is 142 Å². The van der Waals surface area contributed by atoms with Crippen molar-refractivity contribution >= 4 is 17.9 Å². The molecule has 0 saturated carbocycles. The van der Waals surface area contributed by atoms with Gasteiger partial charge in [0.05, 0.1) is 0 Å². The van der Waals surface area contributed by atoms with E-state index >= 15 is 0 Å². The fraction of sp³-hybridized carbons (Fsp3) is 0.596. The van der Waals surface area contributed by atoms with Crippen molar-refractivity contribution in [3.8, 4) is 0 Å². The number of hydrogen-bond donors (Lipinski definition) is 0. The van der Waals surface area contributed by atoms with Crippen LogP contribution in [-0.2, 0) is 28.6 Å². The number of carbonyl (C=O) groups is 3. The molecule has 0 aliphatic carbocycles. The number of allylic oxidation sites excluding steroid dienone is 20. The Kier molecular flexibility index (Phi) is 47.1. The Morgan fingerprint density at radius 3 is 1.13 bits per heavy atom. The van der Waals surface area contributed by atoms with Gasteiger partial charge in [0.15, 0.2) is 6.10 Å². The third kappa shape index (κ3) is 48.7. The fourth-order valence-electron chi connectivity index (χ4n) is 6.34. The summed E-state index contributed by atoms with van der Waals surface area (Å²) in [6, 6.07) is 0. The summed E-state index contributed by atoms with van der Waals surface area (Å²) < 4.78 is 16.7. The van der Waals surface area contributed by atoms with Crippen molar-refractivity contribution in [1.29, 1.82) is 0 Å². The van der Waals surface area contributed by atoms with Crippen LogP contribution in [-0.4, -0.2) is 37.2 Å². The number of carbonyl (C=O) groups excluding carboxylic acids is 3. The summed E-state index contributed by atoms with van der Waals surface area (Å²) in [5, 5.41) is 0. The van der Waals surface area contributed by atoms with Crippen LogP contribution in [0.5, 0.6) is 0 Å². The van der Waals surface area contributed by atoms with Gasteiger partial charge in [0, 0.05) is 19.3 Å². The number of ether oxygens (including phenoxy) is 3. The molecule has 0 amide bonds. The van der Waals surface area contributed by atoms with E-state index in [1.54, 1.807) is 0 Å². The van der Waals surface area contributed by atoms with Crippen LogP contribution in [0.15, 0.2) is 122 Å². The van der Waals surface area contributed by atoms with Crippen LogP contribution in [0.4, 0.5) is 0 Å². The second-order valence-corrected chi connectivity index (χ2v) is 16.0. The van der Waals surface area contributed by atoms with E-state index in [0.717, 1.165) is 122 Å². The lowest BCUT2D eigenvalue weighted by Crippen LogP contribution is -2.30. The standard InChI is InChI=1S/C57H90O6/c1-4-7-10-13-16-19-22-24-26-27-28-29-31-32-35-38-41-44-47-50-56(59)62-53-54(52-61-55(58)49-46-43-40-37-34-21-18-15-12-9-6-3)63-57(60)51-48-45-42-39-36-33-30-25-23-20-17-14-11-8-5-2/h7-12,14,16-21,23-24,26,28-29,37,40,54H,4-6,13,15,22,25,27,30-36,38-39,41-53H2,1-3H3/b10-7-,11-8-,12-9-,17-14-,19-16-,21-18-,23-20-,26-24-,29-28-,40-37-. The van der Waals surface area contributed by atoms with E-state index in [9.17, 15) is 14.4 Å². The molecule has 6 heteroatoms. The van der Waals surface area contributed by atoms with E-state index in [1.807, 2.05) is 0 Å². The third-order valence-corrected chi connectivity index (χ3v) is 10.0. The lowest BCUT2D eigenvalue weighted by molar-refractivity contribution is -0.167. The molecule has 1 unspecified atom stereocenters. The molecule has 0 radical (unpaired) electrons. The molecule has 1 atom stereocenters. The second-order valence-electron chi connectivity index (χ2n) is 16.0. The molecule has 0 aromatic carbocycles. The molecular weight excluding hydrogens is 781 g/mol. The van der Waals surface area contributed by atoms with Gasteiger partial charge in [-0.05, 0) is 103 Å². The van der Waals surface area contributed by atoms with E-state index in [-0.39, 0.29) is 37.5 Å². The van der Waals surface area contributed by atoms with Crippen LogP contribution in [0.3, 0.4) is 0 Å². The topological polar surface area (TPSA) is 78.9 Å². The minimum Gasteiger partial charge on any atom is -0.462 e. The van der Waals surface area contributed by atoms with Crippen LogP contribution in [0, 0.1) is 0 Å². The van der Waals surface area contributed by atoms with Gasteiger partial charge in [0.1, 0.15) is 13.2 Å². The number of unbranched alkanes of at least 4 members (excludes halogenated alkanes) is 14. The lowest BCUT2D eigenvalue weighted by Gasteiger charge is -2.18. The Morgan fingerprint density at radius 2 is 0.667 bits per heavy atom. The molecule has 0 N–H and O–H groups in total. The van der Waals surface area contributed by atoms with Crippen molar-refractivity contribution in [3.63, 3.8) is 0 Å². The van der Waals surface area contributed by atoms with Gasteiger partial charge in [0.25, 0.3) is 0 Å². The monoisotopic (exact) mass is 871 g/mol. The first-order chi connectivity index (χ1) is 31.0. The Bertz CT molecular complexity index is 1370. The maximum Gasteiger partial charge on any atom is 0.306 e. The van der Waals surface area contributed by atoms with Gasteiger partial charge >= 0.3 is 17.9 Å². The molecule has 0 aromatic rings. The summed E-state index contributed by atoms with van der Waals surface area (Å²) in [4.78, 5) is 37.9. The van der Waals surface area contributed by atoms with Crippen molar-refractivity contribution in [3.05, 3.63) is 122 Å². The molecule has 0 rings (SSSR count). The van der Waals surface area contributed by atoms with Crippen LogP contribution in [0.1, 0.15) is 201 Å². The number of esters is 3. The van der Waals surface area contributed by atoms with Crippen molar-refractivity contribution in [2.45, 2.75) is 207 Å². The highest BCUT2D eigenvalue weighted by atomic mass is 16.6. The van der Waals surface area contributed by atoms with Crippen LogP contribution >= 0.6 is 0 Å². The summed E-state index contributed by atoms with van der Waals surface area (Å²) in [5.74, 6) is -1.00. The van der Waals surface area contributed by atoms with Crippen molar-refractivity contribution in [1.82, 2.24) is 0 Å². The maximum atomic E-state index is 12.8. The van der Waals surface area contributed by atoms with E-state index in [4.69, 9.17) is 14.2 Å². The normalized spacial score (nSPS) is 13.1. The second kappa shape index (κ2) is 50.5. The van der Waals surface area contributed by atoms with Crippen LogP contribution < -0.4 is 0 Å². The molecule has 0 saturated heterocycles. The van der Waals surface area contributed by atoms with Gasteiger partial charge in [0.2, 0.25) is 0 Å². The van der Waals surface area contributed by atoms with Crippen molar-refractivity contribution in [2.75, 3.05) is 13.2 Å². The number of rotatable bonds is 43. The molecule has 63 heavy (non-hydrogen) atoms. The molecule has 0 aromatic heterocycles. The maximum absolute atomic E-state index is 12.8. The first-order valence-corrected chi connectivity index (χ1v) is 25.1. The summed E-state index contributed by atoms with van der Waals surface area (Å²) >= 11 is 0. The molecule has 354 valence electrons. The summed E-state index contributed by atoms with van der Waals surface area (Å²) in [7, 11) is 0. The minimum atomic E-state index is -0.813. The third-order valence-electron chi connectivity index (χ3n) is 10.0. The average Bonchev–Trinajstić information content (AvgIpc) is 3.28. The molecule has 6 nitrogen and oxygen atoms in total. The van der Waals surface area contributed by atoms with Crippen molar-refractivity contribution in [2.24, 2.45) is 0 Å². The summed E-state index contributed by atoms with van der Waals surface area (Å²) in [6.45, 7) is 6.18. The molecule has 0 fully saturated rings. The van der Waals surface area contributed by atoms with Gasteiger partial charge in [-0.1, -0.05) is 200 Å². The van der Waals surface area contributed by atoms with Gasteiger partial charge in [-0.2, -0.15) is 0 Å². The summed E-state index contributed by atoms with van der Waals surface area (Å²) in [5.41, 5.74) is 0. The molecule has 0 aliphatic heterocycles. The van der Waals surface area contributed by atoms with E-state index < -0.39 is 6.10 Å². The zero-order chi connectivity index (χ0) is 45.8. The lowest BCUT2D eigenvalue weighted by atomic mass is 10.1. The molecule has 0 heterocycles. The first kappa shape index (κ1) is 58.8. The highest BCUT2D eigenvalue weighted by Gasteiger charge is 2.19. The Labute approximate surface area is 386 Å². The zero-order valence-corrected chi connectivity index (χ0v) is 40.3. The molecule has 0 aliphatic rings. The predicted molar refractivity (Wildman–Crippen MR) is 269 cm³/mol. The van der Waals surface area contributed by atoms with Gasteiger partial charge in [-0.3, -0.25) is 14.4 Å². The predicted octanol–water partition coefficient (Wildman–Crippen LogP) is 16.5. The zero-order valence-electron chi connectivity index (χ0n) is 40.3. The largest absolute Gasteiger partial charge is 0.462 e.